The lowest BCUT2D eigenvalue weighted by Crippen LogP contribution is -2.25. The standard InChI is InChI=1S/C18H23N3O4S/c1-13(2)9-11-19-17(22)16-8-5-10-20-18(16)25-15-7-4-6-14(12-15)21-26(3,23)24/h4-8,10,12-13,21H,9,11H2,1-3H3,(H,19,22). The van der Waals surface area contributed by atoms with Crippen molar-refractivity contribution in [1.82, 2.24) is 10.3 Å². The molecule has 0 aliphatic heterocycles. The molecule has 140 valence electrons. The van der Waals surface area contributed by atoms with Crippen LogP contribution in [0.15, 0.2) is 42.6 Å². The van der Waals surface area contributed by atoms with Gasteiger partial charge in [-0.25, -0.2) is 13.4 Å². The summed E-state index contributed by atoms with van der Waals surface area (Å²) >= 11 is 0. The summed E-state index contributed by atoms with van der Waals surface area (Å²) in [6, 6.07) is 9.72. The number of benzene rings is 1. The molecule has 2 aromatic rings. The van der Waals surface area contributed by atoms with Gasteiger partial charge in [-0.2, -0.15) is 0 Å². The molecule has 0 spiro atoms. The summed E-state index contributed by atoms with van der Waals surface area (Å²) in [5.41, 5.74) is 0.682. The van der Waals surface area contributed by atoms with E-state index in [0.717, 1.165) is 12.7 Å². The van der Waals surface area contributed by atoms with Crippen LogP contribution in [0.4, 0.5) is 5.69 Å². The fraction of sp³-hybridized carbons (Fsp3) is 0.333. The van der Waals surface area contributed by atoms with Crippen molar-refractivity contribution in [2.75, 3.05) is 17.5 Å². The summed E-state index contributed by atoms with van der Waals surface area (Å²) in [5.74, 6) is 0.754. The number of aromatic nitrogens is 1. The van der Waals surface area contributed by atoms with E-state index in [-0.39, 0.29) is 11.8 Å². The van der Waals surface area contributed by atoms with Crippen LogP contribution >= 0.6 is 0 Å². The average Bonchev–Trinajstić information content (AvgIpc) is 2.53. The molecule has 0 aliphatic carbocycles. The van der Waals surface area contributed by atoms with Gasteiger partial charge in [-0.1, -0.05) is 19.9 Å². The number of hydrogen-bond acceptors (Lipinski definition) is 5. The first-order valence-corrected chi connectivity index (χ1v) is 10.1. The fourth-order valence-electron chi connectivity index (χ4n) is 2.16. The maximum Gasteiger partial charge on any atom is 0.256 e. The quantitative estimate of drug-likeness (QED) is 0.737. The summed E-state index contributed by atoms with van der Waals surface area (Å²) in [6.07, 6.45) is 3.47. The second-order valence-corrected chi connectivity index (χ2v) is 8.05. The van der Waals surface area contributed by atoms with Gasteiger partial charge in [0.15, 0.2) is 0 Å². The molecule has 1 amide bonds. The second-order valence-electron chi connectivity index (χ2n) is 6.30. The molecule has 0 atom stereocenters. The Hall–Kier alpha value is -2.61. The van der Waals surface area contributed by atoms with E-state index < -0.39 is 10.0 Å². The molecule has 2 rings (SSSR count). The van der Waals surface area contributed by atoms with Gasteiger partial charge in [0.05, 0.1) is 11.9 Å². The van der Waals surface area contributed by atoms with Crippen LogP contribution in [0.3, 0.4) is 0 Å². The Kier molecular flexibility index (Phi) is 6.57. The van der Waals surface area contributed by atoms with Crippen LogP contribution in [-0.4, -0.2) is 32.1 Å². The lowest BCUT2D eigenvalue weighted by atomic mass is 10.1. The maximum atomic E-state index is 12.4. The number of pyridine rings is 1. The van der Waals surface area contributed by atoms with Crippen molar-refractivity contribution in [3.63, 3.8) is 0 Å². The number of nitrogens with zero attached hydrogens (tertiary/aromatic N) is 1. The Labute approximate surface area is 153 Å². The highest BCUT2D eigenvalue weighted by Gasteiger charge is 2.14. The Bertz CT molecular complexity index is 866. The molecular weight excluding hydrogens is 354 g/mol. The van der Waals surface area contributed by atoms with E-state index in [1.165, 1.54) is 12.3 Å². The second kappa shape index (κ2) is 8.66. The van der Waals surface area contributed by atoms with E-state index in [9.17, 15) is 13.2 Å². The van der Waals surface area contributed by atoms with E-state index in [1.54, 1.807) is 30.3 Å². The fourth-order valence-corrected chi connectivity index (χ4v) is 2.72. The summed E-state index contributed by atoms with van der Waals surface area (Å²) in [7, 11) is -3.39. The van der Waals surface area contributed by atoms with Crippen LogP contribution in [0.1, 0.15) is 30.6 Å². The zero-order chi connectivity index (χ0) is 19.2. The van der Waals surface area contributed by atoms with Crippen molar-refractivity contribution < 1.29 is 17.9 Å². The Morgan fingerprint density at radius 3 is 2.69 bits per heavy atom. The first-order chi connectivity index (χ1) is 12.2. The van der Waals surface area contributed by atoms with E-state index in [0.29, 0.717) is 29.5 Å². The first kappa shape index (κ1) is 19.7. The minimum atomic E-state index is -3.39. The normalized spacial score (nSPS) is 11.2. The third-order valence-electron chi connectivity index (χ3n) is 3.37. The predicted molar refractivity (Wildman–Crippen MR) is 101 cm³/mol. The molecule has 0 bridgehead atoms. The minimum Gasteiger partial charge on any atom is -0.438 e. The Balaban J connectivity index is 2.15. The van der Waals surface area contributed by atoms with Crippen LogP contribution in [0.2, 0.25) is 0 Å². The molecule has 1 aromatic heterocycles. The van der Waals surface area contributed by atoms with Crippen molar-refractivity contribution in [1.29, 1.82) is 0 Å². The van der Waals surface area contributed by atoms with E-state index in [4.69, 9.17) is 4.74 Å². The van der Waals surface area contributed by atoms with Crippen LogP contribution in [0.25, 0.3) is 0 Å². The minimum absolute atomic E-state index is 0.158. The number of nitrogens with one attached hydrogen (secondary N) is 2. The number of hydrogen-bond donors (Lipinski definition) is 2. The number of sulfonamides is 1. The molecule has 1 heterocycles. The average molecular weight is 377 g/mol. The molecule has 0 saturated carbocycles. The molecule has 7 nitrogen and oxygen atoms in total. The number of anilines is 1. The Morgan fingerprint density at radius 1 is 1.23 bits per heavy atom. The SMILES string of the molecule is CC(C)CCNC(=O)c1cccnc1Oc1cccc(NS(C)(=O)=O)c1. The summed E-state index contributed by atoms with van der Waals surface area (Å²) in [4.78, 5) is 16.5. The molecule has 0 aliphatic rings. The number of rotatable bonds is 8. The summed E-state index contributed by atoms with van der Waals surface area (Å²) in [5, 5.41) is 2.85. The molecule has 2 N–H and O–H groups in total. The van der Waals surface area contributed by atoms with Gasteiger partial charge in [0.25, 0.3) is 5.91 Å². The molecule has 26 heavy (non-hydrogen) atoms. The van der Waals surface area contributed by atoms with Gasteiger partial charge >= 0.3 is 0 Å². The Morgan fingerprint density at radius 2 is 2.00 bits per heavy atom. The zero-order valence-electron chi connectivity index (χ0n) is 15.0. The van der Waals surface area contributed by atoms with Gasteiger partial charge in [-0.15, -0.1) is 0 Å². The van der Waals surface area contributed by atoms with E-state index >= 15 is 0 Å². The first-order valence-electron chi connectivity index (χ1n) is 8.23. The summed E-state index contributed by atoms with van der Waals surface area (Å²) < 4.78 is 30.8. The van der Waals surface area contributed by atoms with Crippen molar-refractivity contribution in [2.45, 2.75) is 20.3 Å². The van der Waals surface area contributed by atoms with E-state index in [1.807, 2.05) is 0 Å². The largest absolute Gasteiger partial charge is 0.438 e. The maximum absolute atomic E-state index is 12.4. The van der Waals surface area contributed by atoms with Crippen LogP contribution < -0.4 is 14.8 Å². The monoisotopic (exact) mass is 377 g/mol. The highest BCUT2D eigenvalue weighted by Crippen LogP contribution is 2.25. The van der Waals surface area contributed by atoms with Crippen molar-refractivity contribution >= 4 is 21.6 Å². The highest BCUT2D eigenvalue weighted by atomic mass is 32.2. The number of carbonyl (C=O) groups excluding carboxylic acids is 1. The van der Waals surface area contributed by atoms with Gasteiger partial charge < -0.3 is 10.1 Å². The smallest absolute Gasteiger partial charge is 0.256 e. The van der Waals surface area contributed by atoms with Crippen molar-refractivity contribution in [3.8, 4) is 11.6 Å². The van der Waals surface area contributed by atoms with Gasteiger partial charge in [0.1, 0.15) is 11.3 Å². The number of amides is 1. The van der Waals surface area contributed by atoms with Crippen LogP contribution in [0.5, 0.6) is 11.6 Å². The van der Waals surface area contributed by atoms with Crippen molar-refractivity contribution in [3.05, 3.63) is 48.2 Å². The lowest BCUT2D eigenvalue weighted by Gasteiger charge is -2.12. The topological polar surface area (TPSA) is 97.4 Å². The van der Waals surface area contributed by atoms with Crippen LogP contribution in [-0.2, 0) is 10.0 Å². The third-order valence-corrected chi connectivity index (χ3v) is 3.98. The lowest BCUT2D eigenvalue weighted by molar-refractivity contribution is 0.0949. The number of carbonyl (C=O) groups is 1. The van der Waals surface area contributed by atoms with Gasteiger partial charge in [-0.05, 0) is 36.6 Å². The van der Waals surface area contributed by atoms with Gasteiger partial charge in [0, 0.05) is 18.8 Å². The molecule has 0 unspecified atom stereocenters. The highest BCUT2D eigenvalue weighted by molar-refractivity contribution is 7.92. The van der Waals surface area contributed by atoms with Gasteiger partial charge in [-0.3, -0.25) is 9.52 Å². The zero-order valence-corrected chi connectivity index (χ0v) is 15.8. The third kappa shape index (κ3) is 6.36. The molecule has 0 saturated heterocycles. The van der Waals surface area contributed by atoms with E-state index in [2.05, 4.69) is 28.9 Å². The molecule has 8 heteroatoms. The molecule has 1 aromatic carbocycles. The predicted octanol–water partition coefficient (Wildman–Crippen LogP) is 3.02. The van der Waals surface area contributed by atoms with Crippen molar-refractivity contribution in [2.24, 2.45) is 5.92 Å². The number of ether oxygens (including phenoxy) is 1. The summed E-state index contributed by atoms with van der Waals surface area (Å²) in [6.45, 7) is 4.74. The van der Waals surface area contributed by atoms with Crippen LogP contribution in [0, 0.1) is 5.92 Å². The van der Waals surface area contributed by atoms with Gasteiger partial charge in [0.2, 0.25) is 15.9 Å². The molecular formula is C18H23N3O4S. The molecule has 0 radical (unpaired) electrons. The molecule has 0 fully saturated rings.